The van der Waals surface area contributed by atoms with Crippen LogP contribution in [-0.4, -0.2) is 38.1 Å². The second-order valence-corrected chi connectivity index (χ2v) is 5.58. The van der Waals surface area contributed by atoms with Crippen molar-refractivity contribution in [2.75, 3.05) is 33.2 Å². The Kier molecular flexibility index (Phi) is 3.61. The number of rotatable bonds is 3. The van der Waals surface area contributed by atoms with Crippen molar-refractivity contribution in [3.8, 4) is 0 Å². The summed E-state index contributed by atoms with van der Waals surface area (Å²) in [6, 6.07) is 8.67. The number of piperazine rings is 1. The smallest absolute Gasteiger partial charge is 0.0873 e. The highest BCUT2D eigenvalue weighted by Crippen LogP contribution is 2.31. The minimum absolute atomic E-state index is 0.336. The van der Waals surface area contributed by atoms with E-state index in [4.69, 9.17) is 0 Å². The minimum Gasteiger partial charge on any atom is -0.314 e. The van der Waals surface area contributed by atoms with Crippen LogP contribution < -0.4 is 10.6 Å². The molecule has 1 atom stereocenters. The fourth-order valence-electron chi connectivity index (χ4n) is 2.69. The van der Waals surface area contributed by atoms with Crippen molar-refractivity contribution >= 4 is 21.4 Å². The van der Waals surface area contributed by atoms with Gasteiger partial charge in [-0.25, -0.2) is 0 Å². The van der Waals surface area contributed by atoms with Crippen LogP contribution in [0, 0.1) is 0 Å². The summed E-state index contributed by atoms with van der Waals surface area (Å²) < 4.78 is 1.38. The highest BCUT2D eigenvalue weighted by atomic mass is 32.1. The molecule has 3 rings (SSSR count). The van der Waals surface area contributed by atoms with Crippen LogP contribution in [0.25, 0.3) is 10.1 Å². The molecule has 2 aromatic rings. The van der Waals surface area contributed by atoms with Gasteiger partial charge in [-0.3, -0.25) is 4.90 Å². The molecule has 1 aromatic heterocycles. The molecular formula is C14H19N3S. The Morgan fingerprint density at radius 2 is 2.06 bits per heavy atom. The van der Waals surface area contributed by atoms with Crippen LogP contribution in [0.3, 0.4) is 0 Å². The number of fused-ring (bicyclic) bond motifs is 1. The van der Waals surface area contributed by atoms with Gasteiger partial charge in [-0.15, -0.1) is 11.3 Å². The quantitative estimate of drug-likeness (QED) is 0.885. The Bertz CT molecular complexity index is 516. The highest BCUT2D eigenvalue weighted by molar-refractivity contribution is 7.17. The average Bonchev–Trinajstić information content (AvgIpc) is 2.85. The van der Waals surface area contributed by atoms with Crippen LogP contribution in [0.4, 0.5) is 0 Å². The van der Waals surface area contributed by atoms with Crippen LogP contribution in [0.5, 0.6) is 0 Å². The molecule has 0 amide bonds. The van der Waals surface area contributed by atoms with E-state index < -0.39 is 0 Å². The lowest BCUT2D eigenvalue weighted by Gasteiger charge is -2.34. The summed E-state index contributed by atoms with van der Waals surface area (Å²) in [5.41, 5.74) is 1.42. The average molecular weight is 261 g/mol. The van der Waals surface area contributed by atoms with Crippen molar-refractivity contribution < 1.29 is 0 Å². The third-order valence-electron chi connectivity index (χ3n) is 3.60. The summed E-state index contributed by atoms with van der Waals surface area (Å²) in [7, 11) is 2.05. The second-order valence-electron chi connectivity index (χ2n) is 4.66. The lowest BCUT2D eigenvalue weighted by atomic mass is 10.1. The van der Waals surface area contributed by atoms with Crippen molar-refractivity contribution in [3.05, 3.63) is 35.2 Å². The minimum atomic E-state index is 0.336. The molecule has 1 unspecified atom stereocenters. The number of nitrogens with one attached hydrogen (secondary N) is 2. The maximum Gasteiger partial charge on any atom is 0.0873 e. The molecule has 0 aliphatic carbocycles. The molecule has 1 aliphatic rings. The monoisotopic (exact) mass is 261 g/mol. The van der Waals surface area contributed by atoms with Crippen molar-refractivity contribution in [1.29, 1.82) is 0 Å². The summed E-state index contributed by atoms with van der Waals surface area (Å²) in [5, 5.41) is 10.6. The van der Waals surface area contributed by atoms with Gasteiger partial charge in [-0.05, 0) is 23.9 Å². The molecule has 96 valence electrons. The van der Waals surface area contributed by atoms with Gasteiger partial charge in [0.2, 0.25) is 0 Å². The third-order valence-corrected chi connectivity index (χ3v) is 4.58. The van der Waals surface area contributed by atoms with Gasteiger partial charge in [-0.1, -0.05) is 18.2 Å². The van der Waals surface area contributed by atoms with Crippen LogP contribution in [0.1, 0.15) is 11.7 Å². The first-order valence-corrected chi connectivity index (χ1v) is 7.36. The van der Waals surface area contributed by atoms with Crippen LogP contribution in [-0.2, 0) is 0 Å². The van der Waals surface area contributed by atoms with Crippen molar-refractivity contribution in [2.24, 2.45) is 0 Å². The summed E-state index contributed by atoms with van der Waals surface area (Å²) in [5.74, 6) is 0. The summed E-state index contributed by atoms with van der Waals surface area (Å²) >= 11 is 1.84. The Hall–Kier alpha value is -0.940. The fourth-order valence-corrected chi connectivity index (χ4v) is 3.66. The molecule has 18 heavy (non-hydrogen) atoms. The van der Waals surface area contributed by atoms with Gasteiger partial charge in [-0.2, -0.15) is 0 Å². The number of benzene rings is 1. The Morgan fingerprint density at radius 3 is 2.83 bits per heavy atom. The second kappa shape index (κ2) is 5.36. The van der Waals surface area contributed by atoms with Crippen molar-refractivity contribution in [1.82, 2.24) is 15.5 Å². The molecule has 0 saturated carbocycles. The largest absolute Gasteiger partial charge is 0.314 e. The molecule has 0 spiro atoms. The molecule has 1 fully saturated rings. The molecular weight excluding hydrogens is 242 g/mol. The van der Waals surface area contributed by atoms with E-state index in [2.05, 4.69) is 52.2 Å². The first-order chi connectivity index (χ1) is 8.90. The first-order valence-electron chi connectivity index (χ1n) is 6.48. The number of hydrogen-bond donors (Lipinski definition) is 2. The van der Waals surface area contributed by atoms with Gasteiger partial charge >= 0.3 is 0 Å². The van der Waals surface area contributed by atoms with Gasteiger partial charge in [0.1, 0.15) is 0 Å². The molecule has 1 aliphatic heterocycles. The molecule has 4 heteroatoms. The highest BCUT2D eigenvalue weighted by Gasteiger charge is 2.22. The number of hydrogen-bond acceptors (Lipinski definition) is 4. The van der Waals surface area contributed by atoms with E-state index in [0.717, 1.165) is 26.2 Å². The lowest BCUT2D eigenvalue weighted by Crippen LogP contribution is -2.48. The van der Waals surface area contributed by atoms with E-state index in [1.807, 2.05) is 11.3 Å². The van der Waals surface area contributed by atoms with E-state index in [1.54, 1.807) is 0 Å². The Labute approximate surface area is 112 Å². The summed E-state index contributed by atoms with van der Waals surface area (Å²) in [4.78, 5) is 2.52. The molecule has 0 radical (unpaired) electrons. The normalized spacial score (nSPS) is 19.2. The van der Waals surface area contributed by atoms with Crippen LogP contribution in [0.15, 0.2) is 29.6 Å². The SMILES string of the molecule is CNC(c1csc2ccccc12)N1CCNCC1. The molecule has 3 nitrogen and oxygen atoms in total. The molecule has 1 saturated heterocycles. The standard InChI is InChI=1S/C14H19N3S/c1-15-14(17-8-6-16-7-9-17)12-10-18-13-5-3-2-4-11(12)13/h2-5,10,14-16H,6-9H2,1H3. The zero-order valence-electron chi connectivity index (χ0n) is 10.6. The van der Waals surface area contributed by atoms with Crippen molar-refractivity contribution in [3.63, 3.8) is 0 Å². The topological polar surface area (TPSA) is 27.3 Å². The van der Waals surface area contributed by atoms with Gasteiger partial charge < -0.3 is 10.6 Å². The summed E-state index contributed by atoms with van der Waals surface area (Å²) in [6.07, 6.45) is 0.336. The van der Waals surface area contributed by atoms with E-state index in [-0.39, 0.29) is 0 Å². The number of thiophene rings is 1. The first kappa shape index (κ1) is 12.1. The fraction of sp³-hybridized carbons (Fsp3) is 0.429. The Morgan fingerprint density at radius 1 is 1.28 bits per heavy atom. The van der Waals surface area contributed by atoms with E-state index in [9.17, 15) is 0 Å². The van der Waals surface area contributed by atoms with Gasteiger partial charge in [0, 0.05) is 36.4 Å². The van der Waals surface area contributed by atoms with E-state index in [1.165, 1.54) is 15.6 Å². The molecule has 1 aromatic carbocycles. The summed E-state index contributed by atoms with van der Waals surface area (Å²) in [6.45, 7) is 4.38. The molecule has 0 bridgehead atoms. The number of nitrogens with zero attached hydrogens (tertiary/aromatic N) is 1. The molecule has 2 heterocycles. The predicted octanol–water partition coefficient (Wildman–Crippen LogP) is 2.02. The maximum atomic E-state index is 3.47. The van der Waals surface area contributed by atoms with E-state index in [0.29, 0.717) is 6.17 Å². The third kappa shape index (κ3) is 2.17. The van der Waals surface area contributed by atoms with Crippen LogP contribution >= 0.6 is 11.3 Å². The maximum absolute atomic E-state index is 3.47. The zero-order chi connectivity index (χ0) is 12.4. The van der Waals surface area contributed by atoms with Crippen molar-refractivity contribution in [2.45, 2.75) is 6.17 Å². The predicted molar refractivity (Wildman–Crippen MR) is 78.1 cm³/mol. The van der Waals surface area contributed by atoms with Gasteiger partial charge in [0.05, 0.1) is 6.17 Å². The van der Waals surface area contributed by atoms with Gasteiger partial charge in [0.15, 0.2) is 0 Å². The van der Waals surface area contributed by atoms with Crippen LogP contribution in [0.2, 0.25) is 0 Å². The zero-order valence-corrected chi connectivity index (χ0v) is 11.5. The lowest BCUT2D eigenvalue weighted by molar-refractivity contribution is 0.154. The molecule has 2 N–H and O–H groups in total. The van der Waals surface area contributed by atoms with Gasteiger partial charge in [0.25, 0.3) is 0 Å². The Balaban J connectivity index is 1.95. The van der Waals surface area contributed by atoms with E-state index >= 15 is 0 Å².